The van der Waals surface area contributed by atoms with Gasteiger partial charge in [0.05, 0.1) is 12.0 Å². The fourth-order valence-electron chi connectivity index (χ4n) is 2.62. The summed E-state index contributed by atoms with van der Waals surface area (Å²) in [5, 5.41) is 0. The molecule has 1 aromatic carbocycles. The number of carbonyl (C=O) groups excluding carboxylic acids is 1. The predicted molar refractivity (Wildman–Crippen MR) is 83.1 cm³/mol. The average molecular weight is 326 g/mol. The van der Waals surface area contributed by atoms with E-state index in [-0.39, 0.29) is 11.3 Å². The van der Waals surface area contributed by atoms with Gasteiger partial charge in [0.2, 0.25) is 15.9 Å². The first-order chi connectivity index (χ1) is 10.4. The highest BCUT2D eigenvalue weighted by Gasteiger charge is 2.26. The van der Waals surface area contributed by atoms with Gasteiger partial charge in [0.1, 0.15) is 5.75 Å². The van der Waals surface area contributed by atoms with Crippen LogP contribution in [0.5, 0.6) is 5.75 Å². The summed E-state index contributed by atoms with van der Waals surface area (Å²) < 4.78 is 32.1. The van der Waals surface area contributed by atoms with Gasteiger partial charge < -0.3 is 10.5 Å². The lowest BCUT2D eigenvalue weighted by atomic mass is 10.1. The molecule has 0 aromatic heterocycles. The fourth-order valence-corrected chi connectivity index (χ4v) is 4.19. The Morgan fingerprint density at radius 2 is 1.95 bits per heavy atom. The lowest BCUT2D eigenvalue weighted by Gasteiger charge is -2.26. The minimum atomic E-state index is -3.49. The van der Waals surface area contributed by atoms with Gasteiger partial charge in [0.25, 0.3) is 0 Å². The molecule has 7 heteroatoms. The molecule has 1 aliphatic rings. The Morgan fingerprint density at radius 3 is 2.55 bits per heavy atom. The monoisotopic (exact) mass is 326 g/mol. The summed E-state index contributed by atoms with van der Waals surface area (Å²) in [5.41, 5.74) is 5.85. The normalized spacial score (nSPS) is 16.4. The van der Waals surface area contributed by atoms with E-state index in [1.807, 2.05) is 0 Å². The number of amides is 1. The summed E-state index contributed by atoms with van der Waals surface area (Å²) in [4.78, 5) is 11.2. The van der Waals surface area contributed by atoms with Crippen molar-refractivity contribution in [1.29, 1.82) is 0 Å². The molecule has 0 atom stereocenters. The van der Waals surface area contributed by atoms with Crippen LogP contribution < -0.4 is 10.5 Å². The van der Waals surface area contributed by atoms with Crippen LogP contribution in [0, 0.1) is 0 Å². The highest BCUT2D eigenvalue weighted by atomic mass is 32.2. The van der Waals surface area contributed by atoms with Gasteiger partial charge in [-0.25, -0.2) is 8.42 Å². The van der Waals surface area contributed by atoms with E-state index in [0.717, 1.165) is 19.3 Å². The van der Waals surface area contributed by atoms with Gasteiger partial charge in [-0.15, -0.1) is 0 Å². The van der Waals surface area contributed by atoms with Gasteiger partial charge >= 0.3 is 0 Å². The second-order valence-electron chi connectivity index (χ2n) is 5.40. The van der Waals surface area contributed by atoms with Crippen molar-refractivity contribution in [3.8, 4) is 5.75 Å². The number of piperidine rings is 1. The van der Waals surface area contributed by atoms with Crippen LogP contribution in [0.3, 0.4) is 0 Å². The van der Waals surface area contributed by atoms with Crippen molar-refractivity contribution < 1.29 is 17.9 Å². The summed E-state index contributed by atoms with van der Waals surface area (Å²) in [6.07, 6.45) is 3.37. The number of hydrogen-bond acceptors (Lipinski definition) is 4. The van der Waals surface area contributed by atoms with Crippen molar-refractivity contribution in [2.75, 3.05) is 20.2 Å². The molecular weight excluding hydrogens is 304 g/mol. The number of methoxy groups -OCH3 is 1. The van der Waals surface area contributed by atoms with E-state index in [0.29, 0.717) is 30.8 Å². The summed E-state index contributed by atoms with van der Waals surface area (Å²) in [6, 6.07) is 4.77. The van der Waals surface area contributed by atoms with Gasteiger partial charge in [-0.05, 0) is 43.0 Å². The quantitative estimate of drug-likeness (QED) is 0.853. The van der Waals surface area contributed by atoms with Gasteiger partial charge in [-0.2, -0.15) is 4.31 Å². The Balaban J connectivity index is 2.30. The summed E-state index contributed by atoms with van der Waals surface area (Å²) >= 11 is 0. The van der Waals surface area contributed by atoms with E-state index >= 15 is 0 Å². The number of sulfonamides is 1. The van der Waals surface area contributed by atoms with E-state index in [2.05, 4.69) is 0 Å². The number of nitrogens with zero attached hydrogens (tertiary/aromatic N) is 1. The molecule has 2 N–H and O–H groups in total. The van der Waals surface area contributed by atoms with Crippen LogP contribution >= 0.6 is 0 Å². The van der Waals surface area contributed by atoms with Gasteiger partial charge in [-0.1, -0.05) is 6.42 Å². The highest BCUT2D eigenvalue weighted by molar-refractivity contribution is 7.89. The number of carbonyl (C=O) groups is 1. The Hall–Kier alpha value is -1.60. The standard InChI is InChI=1S/C15H22N2O4S/c1-21-14-7-6-13(11-12(14)5-8-15(16)18)22(19,20)17-9-3-2-4-10-17/h6-7,11H,2-5,8-10H2,1H3,(H2,16,18). The molecule has 0 saturated carbocycles. The Labute approximate surface area is 131 Å². The van der Waals surface area contributed by atoms with Crippen LogP contribution in [-0.2, 0) is 21.2 Å². The molecule has 0 unspecified atom stereocenters. The molecule has 0 spiro atoms. The van der Waals surface area contributed by atoms with Crippen LogP contribution in [0.15, 0.2) is 23.1 Å². The molecule has 1 saturated heterocycles. The number of rotatable bonds is 6. The minimum Gasteiger partial charge on any atom is -0.496 e. The van der Waals surface area contributed by atoms with Crippen molar-refractivity contribution in [2.45, 2.75) is 37.0 Å². The maximum Gasteiger partial charge on any atom is 0.243 e. The van der Waals surface area contributed by atoms with Crippen molar-refractivity contribution in [1.82, 2.24) is 4.31 Å². The van der Waals surface area contributed by atoms with E-state index < -0.39 is 15.9 Å². The summed E-state index contributed by atoms with van der Waals surface area (Å²) in [7, 11) is -1.97. The maximum atomic E-state index is 12.7. The van der Waals surface area contributed by atoms with E-state index in [1.165, 1.54) is 11.4 Å². The average Bonchev–Trinajstić information content (AvgIpc) is 2.53. The van der Waals surface area contributed by atoms with Crippen molar-refractivity contribution >= 4 is 15.9 Å². The minimum absolute atomic E-state index is 0.156. The second kappa shape index (κ2) is 7.11. The molecule has 1 fully saturated rings. The van der Waals surface area contributed by atoms with E-state index in [4.69, 9.17) is 10.5 Å². The van der Waals surface area contributed by atoms with Crippen molar-refractivity contribution in [3.63, 3.8) is 0 Å². The number of nitrogens with two attached hydrogens (primary N) is 1. The highest BCUT2D eigenvalue weighted by Crippen LogP contribution is 2.27. The van der Waals surface area contributed by atoms with Gasteiger partial charge in [0, 0.05) is 19.5 Å². The third-order valence-corrected chi connectivity index (χ3v) is 5.74. The first-order valence-corrected chi connectivity index (χ1v) is 8.84. The molecule has 1 aromatic rings. The number of aryl methyl sites for hydroxylation is 1. The smallest absolute Gasteiger partial charge is 0.243 e. The van der Waals surface area contributed by atoms with E-state index in [1.54, 1.807) is 18.2 Å². The van der Waals surface area contributed by atoms with E-state index in [9.17, 15) is 13.2 Å². The molecule has 0 aliphatic carbocycles. The number of hydrogen-bond donors (Lipinski definition) is 1. The Kier molecular flexibility index (Phi) is 5.42. The molecule has 2 rings (SSSR count). The largest absolute Gasteiger partial charge is 0.496 e. The predicted octanol–water partition coefficient (Wildman–Crippen LogP) is 1.29. The molecule has 0 radical (unpaired) electrons. The van der Waals surface area contributed by atoms with Gasteiger partial charge in [-0.3, -0.25) is 4.79 Å². The Bertz CT molecular complexity index is 637. The van der Waals surface area contributed by atoms with Crippen LogP contribution in [0.25, 0.3) is 0 Å². The third-order valence-electron chi connectivity index (χ3n) is 3.85. The summed E-state index contributed by atoms with van der Waals surface area (Å²) in [5.74, 6) is 0.144. The number of benzene rings is 1. The molecule has 22 heavy (non-hydrogen) atoms. The van der Waals surface area contributed by atoms with Gasteiger partial charge in [0.15, 0.2) is 0 Å². The van der Waals surface area contributed by atoms with Crippen molar-refractivity contribution in [3.05, 3.63) is 23.8 Å². The second-order valence-corrected chi connectivity index (χ2v) is 7.34. The first-order valence-electron chi connectivity index (χ1n) is 7.40. The lowest BCUT2D eigenvalue weighted by molar-refractivity contribution is -0.117. The number of ether oxygens (including phenoxy) is 1. The zero-order chi connectivity index (χ0) is 16.2. The first kappa shape index (κ1) is 16.8. The number of primary amides is 1. The molecule has 1 heterocycles. The van der Waals surface area contributed by atoms with Crippen LogP contribution in [-0.4, -0.2) is 38.8 Å². The summed E-state index contributed by atoms with van der Waals surface area (Å²) in [6.45, 7) is 1.12. The fraction of sp³-hybridized carbons (Fsp3) is 0.533. The molecule has 6 nitrogen and oxygen atoms in total. The van der Waals surface area contributed by atoms with Crippen LogP contribution in [0.2, 0.25) is 0 Å². The topological polar surface area (TPSA) is 89.7 Å². The maximum absolute atomic E-state index is 12.7. The lowest BCUT2D eigenvalue weighted by Crippen LogP contribution is -2.35. The molecule has 0 bridgehead atoms. The molecule has 1 aliphatic heterocycles. The molecule has 122 valence electrons. The zero-order valence-corrected chi connectivity index (χ0v) is 13.6. The third kappa shape index (κ3) is 3.78. The Morgan fingerprint density at radius 1 is 1.27 bits per heavy atom. The molecular formula is C15H22N2O4S. The SMILES string of the molecule is COc1ccc(S(=O)(=O)N2CCCCC2)cc1CCC(N)=O. The molecule has 1 amide bonds. The van der Waals surface area contributed by atoms with Crippen molar-refractivity contribution in [2.24, 2.45) is 5.73 Å². The van der Waals surface area contributed by atoms with Crippen LogP contribution in [0.1, 0.15) is 31.2 Å². The zero-order valence-electron chi connectivity index (χ0n) is 12.7. The van der Waals surface area contributed by atoms with Crippen LogP contribution in [0.4, 0.5) is 0 Å².